The van der Waals surface area contributed by atoms with Crippen molar-refractivity contribution in [3.05, 3.63) is 56.7 Å². The smallest absolute Gasteiger partial charge is 0.404 e. The van der Waals surface area contributed by atoms with Crippen LogP contribution in [-0.2, 0) is 25.0 Å². The maximum Gasteiger partial charge on any atom is 0.530 e. The second-order valence-corrected chi connectivity index (χ2v) is 8.26. The van der Waals surface area contributed by atoms with Crippen LogP contribution >= 0.6 is 20.0 Å². The fourth-order valence-corrected chi connectivity index (χ4v) is 3.94. The highest BCUT2D eigenvalue weighted by atomic mass is 32.1. The van der Waals surface area contributed by atoms with Crippen LogP contribution in [0.2, 0.25) is 0 Å². The lowest BCUT2D eigenvalue weighted by atomic mass is 10.1. The minimum atomic E-state index is -4.98. The summed E-state index contributed by atoms with van der Waals surface area (Å²) < 4.78 is 97.9. The summed E-state index contributed by atoms with van der Waals surface area (Å²) in [5.41, 5.74) is -1.29. The number of hydrogen-bond acceptors (Lipinski definition) is 9. The quantitative estimate of drug-likeness (QED) is 0.438. The van der Waals surface area contributed by atoms with Crippen molar-refractivity contribution in [1.29, 1.82) is 0 Å². The molecule has 2 aliphatic heterocycles. The molecule has 15 heteroatoms. The standard InChI is InChI=1S/C16H14F3N2O8PS/c17-8-1-2-10-7(3-8)5-26-30(25,29-10)27-6-16(19)12(23)11(22)14(28-16)21-4-9(18)13(31)20-15(21)24/h1-4,11-12,14,22-23H,5-6H2,(H,20,24,31)/t11-,12+,14-,16-,30?/m1/s1/i6D2,14D. The van der Waals surface area contributed by atoms with Crippen molar-refractivity contribution in [1.82, 2.24) is 9.55 Å². The number of H-pyrrole nitrogens is 1. The molecule has 168 valence electrons. The lowest BCUT2D eigenvalue weighted by Gasteiger charge is -2.28. The number of fused-ring (bicyclic) bond motifs is 1. The number of alkyl halides is 1. The Bertz CT molecular complexity index is 1330. The third-order valence-electron chi connectivity index (χ3n) is 4.23. The third kappa shape index (κ3) is 4.07. The Kier molecular flexibility index (Phi) is 4.66. The normalized spacial score (nSPS) is 36.7. The van der Waals surface area contributed by atoms with E-state index in [2.05, 4.69) is 21.5 Å². The molecule has 0 radical (unpaired) electrons. The number of hydrogen-bond donors (Lipinski definition) is 3. The zero-order chi connectivity index (χ0) is 25.3. The molecule has 3 heterocycles. The number of benzene rings is 1. The van der Waals surface area contributed by atoms with Crippen molar-refractivity contribution in [3.8, 4) is 5.75 Å². The van der Waals surface area contributed by atoms with E-state index in [-0.39, 0.29) is 22.1 Å². The van der Waals surface area contributed by atoms with Crippen LogP contribution in [0.25, 0.3) is 0 Å². The van der Waals surface area contributed by atoms with Gasteiger partial charge in [-0.15, -0.1) is 0 Å². The minimum absolute atomic E-state index is 0.00998. The Morgan fingerprint density at radius 1 is 1.48 bits per heavy atom. The van der Waals surface area contributed by atoms with Crippen LogP contribution in [0.15, 0.2) is 29.2 Å². The first-order chi connectivity index (χ1) is 15.6. The number of rotatable bonds is 4. The number of halogens is 3. The van der Waals surface area contributed by atoms with Crippen LogP contribution in [0.4, 0.5) is 13.2 Å². The molecule has 1 aromatic heterocycles. The first kappa shape index (κ1) is 18.5. The molecule has 2 aromatic rings. The summed E-state index contributed by atoms with van der Waals surface area (Å²) in [6.07, 6.45) is -8.70. The van der Waals surface area contributed by atoms with Gasteiger partial charge in [0.2, 0.25) is 0 Å². The molecule has 1 aromatic carbocycles. The molecule has 1 unspecified atom stereocenters. The molecule has 5 atom stereocenters. The van der Waals surface area contributed by atoms with Crippen molar-refractivity contribution in [2.75, 3.05) is 6.56 Å². The van der Waals surface area contributed by atoms with Crippen molar-refractivity contribution in [2.45, 2.75) is 30.9 Å². The second kappa shape index (κ2) is 7.81. The Balaban J connectivity index is 1.67. The van der Waals surface area contributed by atoms with Gasteiger partial charge in [0, 0.05) is 5.56 Å². The third-order valence-corrected chi connectivity index (χ3v) is 5.71. The van der Waals surface area contributed by atoms with Gasteiger partial charge in [-0.05, 0) is 18.2 Å². The van der Waals surface area contributed by atoms with Gasteiger partial charge in [-0.2, -0.15) is 0 Å². The highest BCUT2D eigenvalue weighted by molar-refractivity contribution is 7.71. The van der Waals surface area contributed by atoms with Gasteiger partial charge in [-0.3, -0.25) is 18.6 Å². The van der Waals surface area contributed by atoms with Crippen molar-refractivity contribution < 1.29 is 50.4 Å². The molecule has 10 nitrogen and oxygen atoms in total. The first-order valence-electron chi connectivity index (χ1n) is 9.82. The molecular formula is C16H14F3N2O8PS. The Morgan fingerprint density at radius 3 is 2.97 bits per heavy atom. The maximum absolute atomic E-state index is 15.7. The number of aromatic amines is 1. The second-order valence-electron chi connectivity index (χ2n) is 6.34. The first-order valence-corrected chi connectivity index (χ1v) is 10.2. The summed E-state index contributed by atoms with van der Waals surface area (Å²) in [7, 11) is -4.98. The summed E-state index contributed by atoms with van der Waals surface area (Å²) in [6, 6.07) is 2.93. The molecule has 1 saturated heterocycles. The van der Waals surface area contributed by atoms with Gasteiger partial charge in [-0.1, -0.05) is 12.2 Å². The topological polar surface area (TPSA) is 132 Å². The van der Waals surface area contributed by atoms with E-state index in [1.165, 1.54) is 0 Å². The van der Waals surface area contributed by atoms with Crippen LogP contribution in [0.1, 0.15) is 15.9 Å². The molecule has 31 heavy (non-hydrogen) atoms. The summed E-state index contributed by atoms with van der Waals surface area (Å²) in [6.45, 7) is -4.56. The van der Waals surface area contributed by atoms with E-state index in [0.29, 0.717) is 0 Å². The Hall–Kier alpha value is -2.06. The molecule has 0 amide bonds. The lowest BCUT2D eigenvalue weighted by molar-refractivity contribution is -0.205. The van der Waals surface area contributed by atoms with Gasteiger partial charge < -0.3 is 19.5 Å². The summed E-state index contributed by atoms with van der Waals surface area (Å²) >= 11 is 4.52. The van der Waals surface area contributed by atoms with E-state index < -0.39 is 67.2 Å². The predicted molar refractivity (Wildman–Crippen MR) is 97.2 cm³/mol. The number of phosphoric acid groups is 1. The van der Waals surface area contributed by atoms with Crippen LogP contribution in [0.5, 0.6) is 5.75 Å². The van der Waals surface area contributed by atoms with E-state index in [1.807, 2.05) is 0 Å². The molecule has 0 saturated carbocycles. The fourth-order valence-electron chi connectivity index (χ4n) is 2.70. The van der Waals surface area contributed by atoms with Crippen molar-refractivity contribution in [2.24, 2.45) is 0 Å². The highest BCUT2D eigenvalue weighted by Crippen LogP contribution is 2.55. The molecular weight excluding hydrogens is 468 g/mol. The zero-order valence-electron chi connectivity index (χ0n) is 18.0. The van der Waals surface area contributed by atoms with E-state index in [0.717, 1.165) is 18.2 Å². The molecule has 2 aliphatic rings. The Labute approximate surface area is 180 Å². The molecule has 0 spiro atoms. The SMILES string of the molecule is [2H]C([2H])(OP1(=O)OCc2cc(F)ccc2O1)[C@@]1(F)O[C@@]([2H])(n2cc(F)c(=S)[nH]c2=O)[C@H](O)[C@@H]1O. The lowest BCUT2D eigenvalue weighted by Crippen LogP contribution is -2.43. The van der Waals surface area contributed by atoms with Crippen molar-refractivity contribution in [3.63, 3.8) is 0 Å². The van der Waals surface area contributed by atoms with Gasteiger partial charge in [-0.25, -0.2) is 22.5 Å². The van der Waals surface area contributed by atoms with Crippen LogP contribution in [0.3, 0.4) is 0 Å². The fraction of sp³-hybridized carbons (Fsp3) is 0.375. The number of nitrogens with one attached hydrogen (secondary N) is 1. The summed E-state index contributed by atoms with van der Waals surface area (Å²) in [4.78, 5) is 13.9. The summed E-state index contributed by atoms with van der Waals surface area (Å²) in [5.74, 6) is -6.38. The zero-order valence-corrected chi connectivity index (χ0v) is 16.7. The average Bonchev–Trinajstić information content (AvgIpc) is 2.92. The molecule has 0 bridgehead atoms. The minimum Gasteiger partial charge on any atom is -0.404 e. The number of aliphatic hydroxyl groups excluding tert-OH is 2. The monoisotopic (exact) mass is 485 g/mol. The van der Waals surface area contributed by atoms with Gasteiger partial charge in [0.15, 0.2) is 12.0 Å². The molecule has 3 N–H and O–H groups in total. The number of aromatic nitrogens is 2. The highest BCUT2D eigenvalue weighted by Gasteiger charge is 2.57. The van der Waals surface area contributed by atoms with E-state index >= 15 is 4.39 Å². The van der Waals surface area contributed by atoms with Gasteiger partial charge in [0.1, 0.15) is 35.0 Å². The maximum atomic E-state index is 15.7. The molecule has 1 fully saturated rings. The number of nitrogens with zero attached hydrogens (tertiary/aromatic N) is 1. The number of phosphoric ester groups is 1. The van der Waals surface area contributed by atoms with Crippen LogP contribution < -0.4 is 10.2 Å². The predicted octanol–water partition coefficient (Wildman–Crippen LogP) is 1.83. The summed E-state index contributed by atoms with van der Waals surface area (Å²) in [5, 5.41) is 20.5. The van der Waals surface area contributed by atoms with Gasteiger partial charge >= 0.3 is 13.5 Å². The molecule has 0 aliphatic carbocycles. The van der Waals surface area contributed by atoms with Crippen LogP contribution in [-0.4, -0.2) is 44.4 Å². The van der Waals surface area contributed by atoms with E-state index in [1.54, 1.807) is 4.98 Å². The van der Waals surface area contributed by atoms with Crippen molar-refractivity contribution >= 4 is 20.0 Å². The average molecular weight is 485 g/mol. The number of aliphatic hydroxyl groups is 2. The molecule has 4 rings (SSSR count). The van der Waals surface area contributed by atoms with Crippen LogP contribution in [0, 0.1) is 16.3 Å². The van der Waals surface area contributed by atoms with Gasteiger partial charge in [0.05, 0.1) is 16.9 Å². The van der Waals surface area contributed by atoms with E-state index in [9.17, 15) is 28.4 Å². The largest absolute Gasteiger partial charge is 0.530 e. The number of ether oxygens (including phenoxy) is 1. The van der Waals surface area contributed by atoms with E-state index in [4.69, 9.17) is 13.2 Å². The van der Waals surface area contributed by atoms with Gasteiger partial charge in [0.25, 0.3) is 5.85 Å². The Morgan fingerprint density at radius 2 is 2.23 bits per heavy atom.